The number of anilines is 2. The summed E-state index contributed by atoms with van der Waals surface area (Å²) in [7, 11) is 0. The zero-order valence-electron chi connectivity index (χ0n) is 11.0. The van der Waals surface area contributed by atoms with Crippen LogP contribution in [0.1, 0.15) is 11.1 Å². The van der Waals surface area contributed by atoms with E-state index in [1.54, 1.807) is 11.3 Å². The molecule has 3 rings (SSSR count). The standard InChI is InChI=1S/C15H12BrClN2S/c1-8-5-11(6-9(2)14(8)16)18-15-19-12-7-10(17)3-4-13(12)20-15/h3-7H,1-2H3,(H,18,19). The zero-order chi connectivity index (χ0) is 14.3. The number of hydrogen-bond acceptors (Lipinski definition) is 3. The number of aryl methyl sites for hydroxylation is 2. The third kappa shape index (κ3) is 2.68. The molecular weight excluding hydrogens is 356 g/mol. The Morgan fingerprint density at radius 1 is 1.15 bits per heavy atom. The van der Waals surface area contributed by atoms with Gasteiger partial charge in [0.25, 0.3) is 0 Å². The predicted octanol–water partition coefficient (Wildman–Crippen LogP) is 6.07. The van der Waals surface area contributed by atoms with Crippen LogP contribution in [0.25, 0.3) is 10.2 Å². The van der Waals surface area contributed by atoms with E-state index >= 15 is 0 Å². The normalized spacial score (nSPS) is 11.0. The van der Waals surface area contributed by atoms with E-state index in [0.29, 0.717) is 5.02 Å². The molecular formula is C15H12BrClN2S. The lowest BCUT2D eigenvalue weighted by atomic mass is 10.1. The monoisotopic (exact) mass is 366 g/mol. The average molecular weight is 368 g/mol. The van der Waals surface area contributed by atoms with Gasteiger partial charge in [-0.15, -0.1) is 0 Å². The fourth-order valence-electron chi connectivity index (χ4n) is 2.10. The minimum absolute atomic E-state index is 0.713. The van der Waals surface area contributed by atoms with Gasteiger partial charge in [-0.3, -0.25) is 0 Å². The van der Waals surface area contributed by atoms with Crippen LogP contribution in [0.15, 0.2) is 34.8 Å². The Balaban J connectivity index is 1.96. The number of aromatic nitrogens is 1. The lowest BCUT2D eigenvalue weighted by Gasteiger charge is -2.08. The second kappa shape index (κ2) is 5.35. The van der Waals surface area contributed by atoms with Crippen molar-refractivity contribution in [3.05, 3.63) is 51.0 Å². The molecule has 1 heterocycles. The van der Waals surface area contributed by atoms with E-state index in [9.17, 15) is 0 Å². The van der Waals surface area contributed by atoms with Crippen LogP contribution in [0.5, 0.6) is 0 Å². The Morgan fingerprint density at radius 2 is 1.85 bits per heavy atom. The maximum Gasteiger partial charge on any atom is 0.188 e. The van der Waals surface area contributed by atoms with Crippen molar-refractivity contribution in [3.8, 4) is 0 Å². The molecule has 0 spiro atoms. The van der Waals surface area contributed by atoms with Gasteiger partial charge in [-0.05, 0) is 55.3 Å². The molecule has 20 heavy (non-hydrogen) atoms. The van der Waals surface area contributed by atoms with E-state index in [-0.39, 0.29) is 0 Å². The lowest BCUT2D eigenvalue weighted by Crippen LogP contribution is -1.92. The number of nitrogens with zero attached hydrogens (tertiary/aromatic N) is 1. The van der Waals surface area contributed by atoms with Crippen LogP contribution in [0.3, 0.4) is 0 Å². The SMILES string of the molecule is Cc1cc(Nc2nc3cc(Cl)ccc3s2)cc(C)c1Br. The van der Waals surface area contributed by atoms with Crippen molar-refractivity contribution in [2.45, 2.75) is 13.8 Å². The number of rotatable bonds is 2. The van der Waals surface area contributed by atoms with Gasteiger partial charge >= 0.3 is 0 Å². The molecule has 0 saturated carbocycles. The second-order valence-corrected chi connectivity index (χ2v) is 6.94. The minimum atomic E-state index is 0.713. The number of benzene rings is 2. The Hall–Kier alpha value is -1.10. The van der Waals surface area contributed by atoms with E-state index in [4.69, 9.17) is 11.6 Å². The summed E-state index contributed by atoms with van der Waals surface area (Å²) in [5.41, 5.74) is 4.39. The van der Waals surface area contributed by atoms with Gasteiger partial charge in [0.15, 0.2) is 5.13 Å². The molecule has 0 fully saturated rings. The summed E-state index contributed by atoms with van der Waals surface area (Å²) < 4.78 is 2.28. The Bertz CT molecular complexity index is 775. The summed E-state index contributed by atoms with van der Waals surface area (Å²) in [6.45, 7) is 4.17. The van der Waals surface area contributed by atoms with E-state index in [2.05, 4.69) is 52.2 Å². The number of nitrogens with one attached hydrogen (secondary N) is 1. The van der Waals surface area contributed by atoms with Crippen molar-refractivity contribution < 1.29 is 0 Å². The zero-order valence-corrected chi connectivity index (χ0v) is 14.2. The van der Waals surface area contributed by atoms with Gasteiger partial charge in [-0.2, -0.15) is 0 Å². The molecule has 0 aliphatic rings. The molecule has 2 aromatic carbocycles. The molecule has 0 amide bonds. The number of thiazole rings is 1. The number of hydrogen-bond donors (Lipinski definition) is 1. The minimum Gasteiger partial charge on any atom is -0.332 e. The van der Waals surface area contributed by atoms with Crippen LogP contribution in [0, 0.1) is 13.8 Å². The molecule has 0 unspecified atom stereocenters. The summed E-state index contributed by atoms with van der Waals surface area (Å²) >= 11 is 11.2. The van der Waals surface area contributed by atoms with Gasteiger partial charge in [0.05, 0.1) is 10.2 Å². The van der Waals surface area contributed by atoms with Crippen molar-refractivity contribution in [2.24, 2.45) is 0 Å². The van der Waals surface area contributed by atoms with Crippen LogP contribution in [-0.4, -0.2) is 4.98 Å². The molecule has 1 N–H and O–H groups in total. The third-order valence-electron chi connectivity index (χ3n) is 3.04. The first-order chi connectivity index (χ1) is 9.52. The topological polar surface area (TPSA) is 24.9 Å². The van der Waals surface area contributed by atoms with Gasteiger partial charge in [-0.25, -0.2) is 4.98 Å². The van der Waals surface area contributed by atoms with Crippen molar-refractivity contribution in [1.82, 2.24) is 4.98 Å². The molecule has 2 nitrogen and oxygen atoms in total. The van der Waals surface area contributed by atoms with Gasteiger partial charge in [0, 0.05) is 15.2 Å². The largest absolute Gasteiger partial charge is 0.332 e. The van der Waals surface area contributed by atoms with Crippen LogP contribution >= 0.6 is 38.9 Å². The summed E-state index contributed by atoms with van der Waals surface area (Å²) in [4.78, 5) is 4.56. The fourth-order valence-corrected chi connectivity index (χ4v) is 3.36. The van der Waals surface area contributed by atoms with E-state index < -0.39 is 0 Å². The highest BCUT2D eigenvalue weighted by Crippen LogP contribution is 2.32. The first kappa shape index (κ1) is 13.9. The maximum atomic E-state index is 5.99. The Labute approximate surface area is 134 Å². The molecule has 0 saturated heterocycles. The average Bonchev–Trinajstić information content (AvgIpc) is 2.77. The first-order valence-electron chi connectivity index (χ1n) is 6.13. The van der Waals surface area contributed by atoms with Gasteiger partial charge < -0.3 is 5.32 Å². The molecule has 1 aromatic heterocycles. The van der Waals surface area contributed by atoms with Crippen molar-refractivity contribution in [3.63, 3.8) is 0 Å². The maximum absolute atomic E-state index is 5.99. The van der Waals surface area contributed by atoms with Gasteiger partial charge in [-0.1, -0.05) is 38.9 Å². The third-order valence-corrected chi connectivity index (χ3v) is 5.48. The number of halogens is 2. The van der Waals surface area contributed by atoms with E-state index in [1.165, 1.54) is 11.1 Å². The van der Waals surface area contributed by atoms with Gasteiger partial charge in [0.2, 0.25) is 0 Å². The fraction of sp³-hybridized carbons (Fsp3) is 0.133. The molecule has 0 atom stereocenters. The quantitative estimate of drug-likeness (QED) is 0.594. The molecule has 5 heteroatoms. The lowest BCUT2D eigenvalue weighted by molar-refractivity contribution is 1.33. The highest BCUT2D eigenvalue weighted by molar-refractivity contribution is 9.10. The number of fused-ring (bicyclic) bond motifs is 1. The highest BCUT2D eigenvalue weighted by atomic mass is 79.9. The smallest absolute Gasteiger partial charge is 0.188 e. The summed E-state index contributed by atoms with van der Waals surface area (Å²) in [6.07, 6.45) is 0. The van der Waals surface area contributed by atoms with Gasteiger partial charge in [0.1, 0.15) is 0 Å². The molecule has 0 radical (unpaired) electrons. The summed E-state index contributed by atoms with van der Waals surface area (Å²) in [5.74, 6) is 0. The molecule has 0 bridgehead atoms. The van der Waals surface area contributed by atoms with Crippen LogP contribution in [0.4, 0.5) is 10.8 Å². The molecule has 0 aliphatic carbocycles. The Kier molecular flexibility index (Phi) is 3.71. The van der Waals surface area contributed by atoms with Crippen molar-refractivity contribution in [2.75, 3.05) is 5.32 Å². The van der Waals surface area contributed by atoms with Crippen molar-refractivity contribution in [1.29, 1.82) is 0 Å². The first-order valence-corrected chi connectivity index (χ1v) is 8.11. The summed E-state index contributed by atoms with van der Waals surface area (Å²) in [5, 5.41) is 4.96. The van der Waals surface area contributed by atoms with E-state index in [1.807, 2.05) is 18.2 Å². The molecule has 102 valence electrons. The summed E-state index contributed by atoms with van der Waals surface area (Å²) in [6, 6.07) is 9.99. The predicted molar refractivity (Wildman–Crippen MR) is 91.5 cm³/mol. The Morgan fingerprint density at radius 3 is 2.55 bits per heavy atom. The second-order valence-electron chi connectivity index (χ2n) is 4.68. The molecule has 0 aliphatic heterocycles. The highest BCUT2D eigenvalue weighted by Gasteiger charge is 2.07. The van der Waals surface area contributed by atoms with Crippen LogP contribution in [-0.2, 0) is 0 Å². The molecule has 3 aromatic rings. The van der Waals surface area contributed by atoms with Crippen molar-refractivity contribution >= 4 is 59.9 Å². The van der Waals surface area contributed by atoms with Crippen LogP contribution < -0.4 is 5.32 Å². The van der Waals surface area contributed by atoms with Crippen LogP contribution in [0.2, 0.25) is 5.02 Å². The van der Waals surface area contributed by atoms with E-state index in [0.717, 1.165) is 25.5 Å².